The molecule has 0 radical (unpaired) electrons. The van der Waals surface area contributed by atoms with Crippen molar-refractivity contribution < 1.29 is 14.5 Å². The summed E-state index contributed by atoms with van der Waals surface area (Å²) in [5, 5.41) is 18.5. The predicted molar refractivity (Wildman–Crippen MR) is 117 cm³/mol. The number of hydrogen-bond donors (Lipinski definition) is 1. The number of benzene rings is 2. The standard InChI is InChI=1S/C22H24N6O4/c1-32-21-5-3-2-4-17(21)13-26-10-8-18(9-11-26)25-22(29)16-6-7-19(20(12-16)28(30)31)27-15-23-14-24-27/h2-7,12,14-15,18H,8-11,13H2,1H3,(H,25,29). The molecule has 1 fully saturated rings. The summed E-state index contributed by atoms with van der Waals surface area (Å²) in [5.74, 6) is 0.556. The number of aromatic nitrogens is 3. The van der Waals surface area contributed by atoms with Crippen LogP contribution >= 0.6 is 0 Å². The van der Waals surface area contributed by atoms with Crippen molar-refractivity contribution in [3.05, 3.63) is 76.4 Å². The van der Waals surface area contributed by atoms with E-state index in [0.717, 1.165) is 43.8 Å². The van der Waals surface area contributed by atoms with Gasteiger partial charge >= 0.3 is 0 Å². The lowest BCUT2D eigenvalue weighted by molar-refractivity contribution is -0.384. The molecule has 0 bridgehead atoms. The number of carbonyl (C=O) groups is 1. The largest absolute Gasteiger partial charge is 0.496 e. The van der Waals surface area contributed by atoms with Gasteiger partial charge < -0.3 is 10.1 Å². The van der Waals surface area contributed by atoms with E-state index in [4.69, 9.17) is 4.74 Å². The third-order valence-corrected chi connectivity index (χ3v) is 5.61. The molecule has 4 rings (SSSR count). The minimum absolute atomic E-state index is 0.0190. The van der Waals surface area contributed by atoms with Crippen molar-refractivity contribution in [3.63, 3.8) is 0 Å². The van der Waals surface area contributed by atoms with Crippen LogP contribution < -0.4 is 10.1 Å². The molecule has 2 aromatic carbocycles. The number of nitro benzene ring substituents is 1. The number of amides is 1. The number of piperidine rings is 1. The summed E-state index contributed by atoms with van der Waals surface area (Å²) in [5.41, 5.74) is 1.44. The number of para-hydroxylation sites is 1. The molecule has 1 saturated heterocycles. The Balaban J connectivity index is 1.37. The zero-order chi connectivity index (χ0) is 22.5. The fourth-order valence-corrected chi connectivity index (χ4v) is 3.92. The van der Waals surface area contributed by atoms with E-state index in [1.807, 2.05) is 18.2 Å². The van der Waals surface area contributed by atoms with Crippen molar-refractivity contribution in [2.45, 2.75) is 25.4 Å². The maximum absolute atomic E-state index is 12.7. The number of carbonyl (C=O) groups excluding carboxylic acids is 1. The van der Waals surface area contributed by atoms with E-state index in [1.165, 1.54) is 29.5 Å². The summed E-state index contributed by atoms with van der Waals surface area (Å²) >= 11 is 0. The molecule has 10 heteroatoms. The first-order valence-corrected chi connectivity index (χ1v) is 10.3. The molecule has 10 nitrogen and oxygen atoms in total. The number of likely N-dealkylation sites (tertiary alicyclic amines) is 1. The Labute approximate surface area is 185 Å². The molecular weight excluding hydrogens is 412 g/mol. The molecule has 1 amide bonds. The minimum Gasteiger partial charge on any atom is -0.496 e. The Hall–Kier alpha value is -3.79. The Bertz CT molecular complexity index is 1090. The van der Waals surface area contributed by atoms with Gasteiger partial charge in [0.2, 0.25) is 0 Å². The second-order valence-electron chi connectivity index (χ2n) is 7.64. The van der Waals surface area contributed by atoms with Crippen LogP contribution in [0.25, 0.3) is 5.69 Å². The topological polar surface area (TPSA) is 115 Å². The number of methoxy groups -OCH3 is 1. The molecule has 3 aromatic rings. The van der Waals surface area contributed by atoms with Gasteiger partial charge in [0.15, 0.2) is 0 Å². The van der Waals surface area contributed by atoms with Crippen LogP contribution in [0.2, 0.25) is 0 Å². The fourth-order valence-electron chi connectivity index (χ4n) is 3.92. The third kappa shape index (κ3) is 4.75. The number of nitrogens with zero attached hydrogens (tertiary/aromatic N) is 5. The molecule has 1 aliphatic rings. The normalized spacial score (nSPS) is 14.8. The fraction of sp³-hybridized carbons (Fsp3) is 0.318. The summed E-state index contributed by atoms with van der Waals surface area (Å²) in [7, 11) is 1.67. The molecule has 0 saturated carbocycles. The Kier molecular flexibility index (Phi) is 6.41. The highest BCUT2D eigenvalue weighted by atomic mass is 16.6. The van der Waals surface area contributed by atoms with Gasteiger partial charge in [0.1, 0.15) is 24.1 Å². The maximum Gasteiger partial charge on any atom is 0.295 e. The average Bonchev–Trinajstić information content (AvgIpc) is 3.35. The smallest absolute Gasteiger partial charge is 0.295 e. The SMILES string of the molecule is COc1ccccc1CN1CCC(NC(=O)c2ccc(-n3cncn3)c([N+](=O)[O-])c2)CC1. The van der Waals surface area contributed by atoms with Crippen molar-refractivity contribution in [2.75, 3.05) is 20.2 Å². The van der Waals surface area contributed by atoms with Gasteiger partial charge in [0.05, 0.1) is 12.0 Å². The number of ether oxygens (including phenoxy) is 1. The number of nitrogens with one attached hydrogen (secondary N) is 1. The van der Waals surface area contributed by atoms with Crippen molar-refractivity contribution in [2.24, 2.45) is 0 Å². The highest BCUT2D eigenvalue weighted by Gasteiger charge is 2.24. The van der Waals surface area contributed by atoms with Crippen molar-refractivity contribution in [3.8, 4) is 11.4 Å². The van der Waals surface area contributed by atoms with Crippen LogP contribution in [0.4, 0.5) is 5.69 Å². The first-order chi connectivity index (χ1) is 15.5. The Morgan fingerprint density at radius 2 is 2.03 bits per heavy atom. The number of rotatable bonds is 7. The van der Waals surface area contributed by atoms with Crippen LogP contribution in [0.1, 0.15) is 28.8 Å². The van der Waals surface area contributed by atoms with Crippen LogP contribution in [0.5, 0.6) is 5.75 Å². The lowest BCUT2D eigenvalue weighted by Crippen LogP contribution is -2.44. The van der Waals surface area contributed by atoms with Crippen molar-refractivity contribution in [1.29, 1.82) is 0 Å². The molecule has 0 unspecified atom stereocenters. The van der Waals surface area contributed by atoms with Crippen molar-refractivity contribution in [1.82, 2.24) is 25.0 Å². The van der Waals surface area contributed by atoms with Gasteiger partial charge in [-0.1, -0.05) is 18.2 Å². The lowest BCUT2D eigenvalue weighted by Gasteiger charge is -2.32. The molecule has 1 aliphatic heterocycles. The quantitative estimate of drug-likeness (QED) is 0.447. The molecule has 0 spiro atoms. The van der Waals surface area contributed by atoms with Gasteiger partial charge in [-0.3, -0.25) is 19.8 Å². The number of nitro groups is 1. The molecule has 1 aromatic heterocycles. The molecule has 166 valence electrons. The van der Waals surface area contributed by atoms with Crippen LogP contribution in [-0.4, -0.2) is 56.7 Å². The summed E-state index contributed by atoms with van der Waals surface area (Å²) in [6.07, 6.45) is 4.28. The van der Waals surface area contributed by atoms with E-state index < -0.39 is 4.92 Å². The second-order valence-corrected chi connectivity index (χ2v) is 7.64. The summed E-state index contributed by atoms with van der Waals surface area (Å²) in [6, 6.07) is 12.3. The molecule has 32 heavy (non-hydrogen) atoms. The molecule has 1 N–H and O–H groups in total. The third-order valence-electron chi connectivity index (χ3n) is 5.61. The van der Waals surface area contributed by atoms with Gasteiger partial charge in [-0.25, -0.2) is 9.67 Å². The van der Waals surface area contributed by atoms with Gasteiger partial charge in [0, 0.05) is 42.9 Å². The van der Waals surface area contributed by atoms with Crippen LogP contribution in [0.3, 0.4) is 0 Å². The first kappa shape index (κ1) is 21.4. The predicted octanol–water partition coefficient (Wildman–Crippen LogP) is 2.58. The van der Waals surface area contributed by atoms with E-state index in [1.54, 1.807) is 13.2 Å². The van der Waals surface area contributed by atoms with Crippen LogP contribution in [0, 0.1) is 10.1 Å². The minimum atomic E-state index is -0.524. The van der Waals surface area contributed by atoms with Gasteiger partial charge in [-0.2, -0.15) is 5.10 Å². The van der Waals surface area contributed by atoms with Crippen LogP contribution in [-0.2, 0) is 6.54 Å². The van der Waals surface area contributed by atoms with Crippen molar-refractivity contribution >= 4 is 11.6 Å². The highest BCUT2D eigenvalue weighted by molar-refractivity contribution is 5.95. The van der Waals surface area contributed by atoms with E-state index in [2.05, 4.69) is 26.4 Å². The first-order valence-electron chi connectivity index (χ1n) is 10.3. The van der Waals surface area contributed by atoms with Gasteiger partial charge in [-0.15, -0.1) is 0 Å². The zero-order valence-corrected chi connectivity index (χ0v) is 17.7. The molecular formula is C22H24N6O4. The number of hydrogen-bond acceptors (Lipinski definition) is 7. The summed E-state index contributed by atoms with van der Waals surface area (Å²) in [6.45, 7) is 2.48. The summed E-state index contributed by atoms with van der Waals surface area (Å²) < 4.78 is 6.73. The maximum atomic E-state index is 12.7. The molecule has 0 atom stereocenters. The highest BCUT2D eigenvalue weighted by Crippen LogP contribution is 2.24. The Morgan fingerprint density at radius 3 is 2.72 bits per heavy atom. The monoisotopic (exact) mass is 436 g/mol. The van der Waals surface area contributed by atoms with E-state index >= 15 is 0 Å². The average molecular weight is 436 g/mol. The second kappa shape index (κ2) is 9.56. The summed E-state index contributed by atoms with van der Waals surface area (Å²) in [4.78, 5) is 29.9. The molecule has 2 heterocycles. The zero-order valence-electron chi connectivity index (χ0n) is 17.7. The van der Waals surface area contributed by atoms with Crippen LogP contribution in [0.15, 0.2) is 55.1 Å². The van der Waals surface area contributed by atoms with E-state index in [-0.39, 0.29) is 28.9 Å². The Morgan fingerprint density at radius 1 is 1.25 bits per heavy atom. The van der Waals surface area contributed by atoms with E-state index in [0.29, 0.717) is 0 Å². The van der Waals surface area contributed by atoms with E-state index in [9.17, 15) is 14.9 Å². The lowest BCUT2D eigenvalue weighted by atomic mass is 10.0. The molecule has 0 aliphatic carbocycles. The van der Waals surface area contributed by atoms with Gasteiger partial charge in [0.25, 0.3) is 11.6 Å². The van der Waals surface area contributed by atoms with Gasteiger partial charge in [-0.05, 0) is 31.0 Å².